The van der Waals surface area contributed by atoms with Gasteiger partial charge in [0.05, 0.1) is 5.69 Å². The summed E-state index contributed by atoms with van der Waals surface area (Å²) in [6.07, 6.45) is 4.05. The highest BCUT2D eigenvalue weighted by atomic mass is 15.2. The van der Waals surface area contributed by atoms with Crippen molar-refractivity contribution in [3.8, 4) is 0 Å². The van der Waals surface area contributed by atoms with Gasteiger partial charge in [0.2, 0.25) is 0 Å². The molecule has 132 valence electrons. The zero-order valence-electron chi connectivity index (χ0n) is 15.3. The lowest BCUT2D eigenvalue weighted by Crippen LogP contribution is -2.44. The number of hydrogen-bond acceptors (Lipinski definition) is 3. The molecule has 3 heteroatoms. The van der Waals surface area contributed by atoms with E-state index in [-0.39, 0.29) is 0 Å². The highest BCUT2D eigenvalue weighted by molar-refractivity contribution is 5.15. The monoisotopic (exact) mass is 335 g/mol. The molecule has 0 saturated carbocycles. The molecule has 0 N–H and O–H groups in total. The molecule has 1 aromatic heterocycles. The van der Waals surface area contributed by atoms with Crippen LogP contribution in [-0.4, -0.2) is 41.0 Å². The summed E-state index contributed by atoms with van der Waals surface area (Å²) < 4.78 is 0. The minimum absolute atomic E-state index is 0.497. The van der Waals surface area contributed by atoms with Crippen molar-refractivity contribution in [2.75, 3.05) is 26.2 Å². The molecule has 1 unspecified atom stereocenters. The first-order valence-corrected chi connectivity index (χ1v) is 9.62. The van der Waals surface area contributed by atoms with E-state index in [0.717, 1.165) is 18.8 Å². The van der Waals surface area contributed by atoms with Crippen LogP contribution in [0.2, 0.25) is 0 Å². The third-order valence-corrected chi connectivity index (χ3v) is 5.84. The Hall–Kier alpha value is -1.71. The maximum Gasteiger partial charge on any atom is 0.0547 e. The second kappa shape index (κ2) is 7.27. The van der Waals surface area contributed by atoms with Crippen molar-refractivity contribution in [1.29, 1.82) is 0 Å². The standard InChI is InChI=1S/C22H29N3/c1-19-7-5-10-21(23-19)16-24-13-6-11-22(17-24)12-14-25(18-22)15-20-8-3-2-4-9-20/h2-5,7-10H,6,11-18H2,1H3. The number of aromatic nitrogens is 1. The van der Waals surface area contributed by atoms with Gasteiger partial charge in [-0.1, -0.05) is 36.4 Å². The van der Waals surface area contributed by atoms with Crippen LogP contribution in [0.25, 0.3) is 0 Å². The summed E-state index contributed by atoms with van der Waals surface area (Å²) >= 11 is 0. The third-order valence-electron chi connectivity index (χ3n) is 5.84. The van der Waals surface area contributed by atoms with E-state index in [1.165, 1.54) is 56.7 Å². The Bertz CT molecular complexity index is 699. The molecule has 0 amide bonds. The van der Waals surface area contributed by atoms with Crippen molar-refractivity contribution < 1.29 is 0 Å². The van der Waals surface area contributed by atoms with E-state index in [4.69, 9.17) is 4.98 Å². The Morgan fingerprint density at radius 2 is 1.68 bits per heavy atom. The van der Waals surface area contributed by atoms with Crippen molar-refractivity contribution in [1.82, 2.24) is 14.8 Å². The first kappa shape index (κ1) is 16.7. The fourth-order valence-electron chi connectivity index (χ4n) is 4.70. The highest BCUT2D eigenvalue weighted by Gasteiger charge is 2.41. The highest BCUT2D eigenvalue weighted by Crippen LogP contribution is 2.39. The van der Waals surface area contributed by atoms with Crippen molar-refractivity contribution in [2.45, 2.75) is 39.3 Å². The molecule has 1 spiro atoms. The summed E-state index contributed by atoms with van der Waals surface area (Å²) in [5, 5.41) is 0. The molecular formula is C22H29N3. The molecular weight excluding hydrogens is 306 g/mol. The number of benzene rings is 1. The van der Waals surface area contributed by atoms with E-state index < -0.39 is 0 Å². The zero-order chi connectivity index (χ0) is 17.1. The number of aryl methyl sites for hydroxylation is 1. The summed E-state index contributed by atoms with van der Waals surface area (Å²) in [5.74, 6) is 0. The minimum Gasteiger partial charge on any atom is -0.298 e. The quantitative estimate of drug-likeness (QED) is 0.845. The second-order valence-electron chi connectivity index (χ2n) is 8.03. The molecule has 2 aliphatic rings. The molecule has 25 heavy (non-hydrogen) atoms. The average Bonchev–Trinajstić information content (AvgIpc) is 2.97. The van der Waals surface area contributed by atoms with Crippen molar-refractivity contribution in [3.05, 3.63) is 65.5 Å². The minimum atomic E-state index is 0.497. The van der Waals surface area contributed by atoms with Crippen LogP contribution >= 0.6 is 0 Å². The van der Waals surface area contributed by atoms with Crippen LogP contribution in [0, 0.1) is 12.3 Å². The smallest absolute Gasteiger partial charge is 0.0547 e. The molecule has 4 rings (SSSR count). The Morgan fingerprint density at radius 3 is 2.48 bits per heavy atom. The number of rotatable bonds is 4. The van der Waals surface area contributed by atoms with Gasteiger partial charge in [0, 0.05) is 31.9 Å². The van der Waals surface area contributed by atoms with Gasteiger partial charge < -0.3 is 0 Å². The summed E-state index contributed by atoms with van der Waals surface area (Å²) in [4.78, 5) is 9.99. The largest absolute Gasteiger partial charge is 0.298 e. The SMILES string of the molecule is Cc1cccc(CN2CCCC3(CCN(Cc4ccccc4)C3)C2)n1. The van der Waals surface area contributed by atoms with Gasteiger partial charge in [-0.05, 0) is 62.4 Å². The van der Waals surface area contributed by atoms with Gasteiger partial charge in [-0.2, -0.15) is 0 Å². The molecule has 0 radical (unpaired) electrons. The van der Waals surface area contributed by atoms with Gasteiger partial charge in [-0.3, -0.25) is 14.8 Å². The summed E-state index contributed by atoms with van der Waals surface area (Å²) in [5.41, 5.74) is 4.28. The molecule has 1 aromatic carbocycles. The number of likely N-dealkylation sites (tertiary alicyclic amines) is 2. The lowest BCUT2D eigenvalue weighted by Gasteiger charge is -2.40. The molecule has 3 heterocycles. The van der Waals surface area contributed by atoms with Gasteiger partial charge >= 0.3 is 0 Å². The van der Waals surface area contributed by atoms with E-state index in [2.05, 4.69) is 65.3 Å². The van der Waals surface area contributed by atoms with Gasteiger partial charge in [0.15, 0.2) is 0 Å². The zero-order valence-corrected chi connectivity index (χ0v) is 15.3. The maximum atomic E-state index is 4.70. The second-order valence-corrected chi connectivity index (χ2v) is 8.03. The first-order chi connectivity index (χ1) is 12.2. The van der Waals surface area contributed by atoms with E-state index >= 15 is 0 Å². The number of hydrogen-bond donors (Lipinski definition) is 0. The number of piperidine rings is 1. The van der Waals surface area contributed by atoms with Crippen LogP contribution in [-0.2, 0) is 13.1 Å². The lowest BCUT2D eigenvalue weighted by molar-refractivity contribution is 0.0857. The Kier molecular flexibility index (Phi) is 4.87. The predicted molar refractivity (Wildman–Crippen MR) is 102 cm³/mol. The topological polar surface area (TPSA) is 19.4 Å². The maximum absolute atomic E-state index is 4.70. The Labute approximate surface area is 151 Å². The molecule has 0 bridgehead atoms. The number of nitrogens with zero attached hydrogens (tertiary/aromatic N) is 3. The lowest BCUT2D eigenvalue weighted by atomic mass is 9.79. The number of pyridine rings is 1. The molecule has 3 nitrogen and oxygen atoms in total. The van der Waals surface area contributed by atoms with Gasteiger partial charge in [0.1, 0.15) is 0 Å². The van der Waals surface area contributed by atoms with Crippen LogP contribution < -0.4 is 0 Å². The van der Waals surface area contributed by atoms with Crippen molar-refractivity contribution in [2.24, 2.45) is 5.41 Å². The molecule has 0 aliphatic carbocycles. The fourth-order valence-corrected chi connectivity index (χ4v) is 4.70. The Balaban J connectivity index is 1.37. The van der Waals surface area contributed by atoms with Crippen molar-refractivity contribution in [3.63, 3.8) is 0 Å². The molecule has 2 fully saturated rings. The van der Waals surface area contributed by atoms with Crippen LogP contribution in [0.4, 0.5) is 0 Å². The first-order valence-electron chi connectivity index (χ1n) is 9.62. The van der Waals surface area contributed by atoms with Crippen molar-refractivity contribution >= 4 is 0 Å². The molecule has 2 aromatic rings. The molecule has 2 saturated heterocycles. The van der Waals surface area contributed by atoms with Gasteiger partial charge in [-0.25, -0.2) is 0 Å². The summed E-state index contributed by atoms with van der Waals surface area (Å²) in [6, 6.07) is 17.3. The fraction of sp³-hybridized carbons (Fsp3) is 0.500. The van der Waals surface area contributed by atoms with Crippen LogP contribution in [0.5, 0.6) is 0 Å². The predicted octanol–water partition coefficient (Wildman–Crippen LogP) is 3.88. The third kappa shape index (κ3) is 4.10. The van der Waals surface area contributed by atoms with Gasteiger partial charge in [0.25, 0.3) is 0 Å². The molecule has 2 aliphatic heterocycles. The average molecular weight is 335 g/mol. The molecule has 1 atom stereocenters. The normalized spacial score (nSPS) is 24.8. The van der Waals surface area contributed by atoms with Crippen LogP contribution in [0.3, 0.4) is 0 Å². The summed E-state index contributed by atoms with van der Waals surface area (Å²) in [6.45, 7) is 9.12. The van der Waals surface area contributed by atoms with E-state index in [0.29, 0.717) is 5.41 Å². The van der Waals surface area contributed by atoms with Crippen LogP contribution in [0.1, 0.15) is 36.2 Å². The van der Waals surface area contributed by atoms with E-state index in [1.54, 1.807) is 0 Å². The van der Waals surface area contributed by atoms with Crippen LogP contribution in [0.15, 0.2) is 48.5 Å². The van der Waals surface area contributed by atoms with Gasteiger partial charge in [-0.15, -0.1) is 0 Å². The van der Waals surface area contributed by atoms with E-state index in [9.17, 15) is 0 Å². The van der Waals surface area contributed by atoms with E-state index in [1.807, 2.05) is 0 Å². The summed E-state index contributed by atoms with van der Waals surface area (Å²) in [7, 11) is 0. The Morgan fingerprint density at radius 1 is 0.880 bits per heavy atom.